The van der Waals surface area contributed by atoms with Gasteiger partial charge in [-0.3, -0.25) is 37.3 Å². The smallest absolute Gasteiger partial charge is 0.462 e. The van der Waals surface area contributed by atoms with E-state index < -0.39 is 97.5 Å². The number of phosphoric ester groups is 2. The molecule has 0 heterocycles. The molecule has 612 valence electrons. The van der Waals surface area contributed by atoms with Crippen LogP contribution < -0.4 is 0 Å². The molecule has 0 aromatic carbocycles. The molecule has 0 fully saturated rings. The van der Waals surface area contributed by atoms with Crippen LogP contribution in [-0.4, -0.2) is 96.7 Å². The van der Waals surface area contributed by atoms with Gasteiger partial charge in [-0.2, -0.15) is 0 Å². The van der Waals surface area contributed by atoms with E-state index in [-0.39, 0.29) is 25.7 Å². The lowest BCUT2D eigenvalue weighted by Gasteiger charge is -2.21. The van der Waals surface area contributed by atoms with Crippen molar-refractivity contribution >= 4 is 39.5 Å². The topological polar surface area (TPSA) is 237 Å². The first-order valence-electron chi connectivity index (χ1n) is 43.2. The van der Waals surface area contributed by atoms with Gasteiger partial charge in [0.05, 0.1) is 26.4 Å². The average molecular weight is 1510 g/mol. The van der Waals surface area contributed by atoms with Crippen molar-refractivity contribution in [3.63, 3.8) is 0 Å². The van der Waals surface area contributed by atoms with Crippen LogP contribution >= 0.6 is 15.6 Å². The van der Waals surface area contributed by atoms with Gasteiger partial charge in [0.15, 0.2) is 12.2 Å². The van der Waals surface area contributed by atoms with Crippen LogP contribution in [0.25, 0.3) is 0 Å². The highest BCUT2D eigenvalue weighted by Crippen LogP contribution is 2.45. The first-order chi connectivity index (χ1) is 49.6. The molecule has 0 aromatic heterocycles. The summed E-state index contributed by atoms with van der Waals surface area (Å²) < 4.78 is 68.8. The van der Waals surface area contributed by atoms with Crippen molar-refractivity contribution < 1.29 is 80.2 Å². The fourth-order valence-corrected chi connectivity index (χ4v) is 14.5. The monoisotopic (exact) mass is 1510 g/mol. The minimum absolute atomic E-state index is 0.106. The van der Waals surface area contributed by atoms with Gasteiger partial charge in [-0.15, -0.1) is 0 Å². The number of carbonyl (C=O) groups is 4. The molecule has 0 saturated carbocycles. The van der Waals surface area contributed by atoms with Gasteiger partial charge in [0.25, 0.3) is 0 Å². The molecule has 0 aliphatic rings. The molecule has 0 rings (SSSR count). The molecular formula is C84H164O17P2. The van der Waals surface area contributed by atoms with Gasteiger partial charge in [0, 0.05) is 25.7 Å². The fourth-order valence-electron chi connectivity index (χ4n) is 13.0. The number of carbonyl (C=O) groups excluding carboxylic acids is 4. The minimum atomic E-state index is -4.96. The van der Waals surface area contributed by atoms with Crippen molar-refractivity contribution in [3.05, 3.63) is 0 Å². The first-order valence-corrected chi connectivity index (χ1v) is 46.2. The van der Waals surface area contributed by atoms with Crippen molar-refractivity contribution in [1.29, 1.82) is 0 Å². The minimum Gasteiger partial charge on any atom is -0.462 e. The second-order valence-electron chi connectivity index (χ2n) is 32.1. The van der Waals surface area contributed by atoms with Gasteiger partial charge >= 0.3 is 39.5 Å². The third-order valence-corrected chi connectivity index (χ3v) is 21.5. The van der Waals surface area contributed by atoms with E-state index in [4.69, 9.17) is 37.0 Å². The van der Waals surface area contributed by atoms with Gasteiger partial charge in [-0.25, -0.2) is 9.13 Å². The van der Waals surface area contributed by atoms with E-state index in [9.17, 15) is 43.2 Å². The van der Waals surface area contributed by atoms with E-state index in [0.717, 1.165) is 114 Å². The highest BCUT2D eigenvalue weighted by molar-refractivity contribution is 7.47. The molecule has 0 bridgehead atoms. The van der Waals surface area contributed by atoms with Gasteiger partial charge < -0.3 is 33.8 Å². The van der Waals surface area contributed by atoms with Gasteiger partial charge in [-0.05, 0) is 49.4 Å². The van der Waals surface area contributed by atoms with Crippen LogP contribution in [0.1, 0.15) is 434 Å². The van der Waals surface area contributed by atoms with E-state index in [0.29, 0.717) is 31.6 Å². The summed E-state index contributed by atoms with van der Waals surface area (Å²) in [5.74, 6) is 0.990. The summed E-state index contributed by atoms with van der Waals surface area (Å²) >= 11 is 0. The normalized spacial score (nSPS) is 14.0. The molecule has 19 heteroatoms. The highest BCUT2D eigenvalue weighted by Gasteiger charge is 2.30. The SMILES string of the molecule is CC(C)CCCCCCCCCCCCCCCCCCCCC(=O)OC[C@H](COP(=O)(O)OCC(O)COP(=O)(O)OC[C@@H](COC(=O)CCCCCCCCCC(C)C)OC(=O)CCCCCCCCCCCCCCCC(C)C)OC(=O)CCCCCCCCCCCCCCCC(C)C. The maximum Gasteiger partial charge on any atom is 0.472 e. The van der Waals surface area contributed by atoms with Crippen LogP contribution in [0.3, 0.4) is 0 Å². The lowest BCUT2D eigenvalue weighted by molar-refractivity contribution is -0.161. The number of ether oxygens (including phenoxy) is 4. The summed E-state index contributed by atoms with van der Waals surface area (Å²) in [5.41, 5.74) is 0. The molecule has 3 unspecified atom stereocenters. The van der Waals surface area contributed by atoms with Gasteiger partial charge in [-0.1, -0.05) is 383 Å². The van der Waals surface area contributed by atoms with Crippen LogP contribution in [0.4, 0.5) is 0 Å². The Labute approximate surface area is 632 Å². The van der Waals surface area contributed by atoms with E-state index in [1.807, 2.05) is 0 Å². The predicted octanol–water partition coefficient (Wildman–Crippen LogP) is 25.2. The number of rotatable bonds is 81. The summed E-state index contributed by atoms with van der Waals surface area (Å²) in [5, 5.41) is 10.7. The van der Waals surface area contributed by atoms with E-state index in [2.05, 4.69) is 55.4 Å². The van der Waals surface area contributed by atoms with E-state index in [1.54, 1.807) is 0 Å². The number of aliphatic hydroxyl groups excluding tert-OH is 1. The molecule has 0 aromatic rings. The number of esters is 4. The van der Waals surface area contributed by atoms with Crippen LogP contribution in [0, 0.1) is 23.7 Å². The third-order valence-electron chi connectivity index (χ3n) is 19.6. The number of unbranched alkanes of at least 4 members (excludes halogenated alkanes) is 47. The molecule has 0 radical (unpaired) electrons. The Kier molecular flexibility index (Phi) is 71.5. The number of hydrogen-bond donors (Lipinski definition) is 3. The Balaban J connectivity index is 5.22. The molecule has 0 aliphatic carbocycles. The first kappa shape index (κ1) is 101. The van der Waals surface area contributed by atoms with Crippen LogP contribution in [0.5, 0.6) is 0 Å². The quantitative estimate of drug-likeness (QED) is 0.0222. The molecule has 0 amide bonds. The standard InChI is InChI=1S/C84H164O17P2/c1-74(2)60-52-44-36-29-23-17-13-11-9-10-12-14-20-26-32-40-48-56-64-81(86)94-70-79(100-83(88)66-58-50-41-33-27-21-15-18-24-30-37-45-53-61-75(3)4)72-98-102(90,91)96-68-78(85)69-97-103(92,93)99-73-80(71-95-82(87)65-57-49-43-35-39-47-55-63-77(7)8)101-84(89)67-59-51-42-34-28-22-16-19-25-31-38-46-54-62-76(5)6/h74-80,85H,9-73H2,1-8H3,(H,90,91)(H,92,93)/t78?,79-,80-/m1/s1. The number of phosphoric acid groups is 2. The Morgan fingerprint density at radius 1 is 0.243 bits per heavy atom. The van der Waals surface area contributed by atoms with Crippen molar-refractivity contribution in [3.8, 4) is 0 Å². The van der Waals surface area contributed by atoms with Crippen molar-refractivity contribution in [2.75, 3.05) is 39.6 Å². The van der Waals surface area contributed by atoms with Crippen molar-refractivity contribution in [2.45, 2.75) is 453 Å². The van der Waals surface area contributed by atoms with Crippen LogP contribution in [0.15, 0.2) is 0 Å². The third kappa shape index (κ3) is 78.0. The predicted molar refractivity (Wildman–Crippen MR) is 423 cm³/mol. The maximum absolute atomic E-state index is 13.1. The molecule has 5 atom stereocenters. The summed E-state index contributed by atoms with van der Waals surface area (Å²) in [7, 11) is -9.93. The van der Waals surface area contributed by atoms with Gasteiger partial charge in [0.1, 0.15) is 19.3 Å². The zero-order chi connectivity index (χ0) is 76.0. The summed E-state index contributed by atoms with van der Waals surface area (Å²) in [6.07, 6.45) is 61.2. The largest absolute Gasteiger partial charge is 0.472 e. The van der Waals surface area contributed by atoms with Crippen molar-refractivity contribution in [1.82, 2.24) is 0 Å². The Morgan fingerprint density at radius 2 is 0.408 bits per heavy atom. The fraction of sp³-hybridized carbons (Fsp3) is 0.952. The number of hydrogen-bond acceptors (Lipinski definition) is 15. The van der Waals surface area contributed by atoms with E-state index >= 15 is 0 Å². The lowest BCUT2D eigenvalue weighted by atomic mass is 10.0. The molecule has 3 N–H and O–H groups in total. The Bertz CT molecular complexity index is 2010. The molecule has 103 heavy (non-hydrogen) atoms. The molecule has 0 spiro atoms. The number of aliphatic hydroxyl groups is 1. The summed E-state index contributed by atoms with van der Waals surface area (Å²) in [6, 6.07) is 0. The lowest BCUT2D eigenvalue weighted by Crippen LogP contribution is -2.30. The molecular weight excluding hydrogens is 1340 g/mol. The average Bonchev–Trinajstić information content (AvgIpc) is 1.01. The second-order valence-corrected chi connectivity index (χ2v) is 35.0. The molecule has 17 nitrogen and oxygen atoms in total. The summed E-state index contributed by atoms with van der Waals surface area (Å²) in [4.78, 5) is 73.1. The van der Waals surface area contributed by atoms with Crippen LogP contribution in [-0.2, 0) is 65.4 Å². The zero-order valence-corrected chi connectivity index (χ0v) is 69.7. The highest BCUT2D eigenvalue weighted by atomic mass is 31.2. The Hall–Kier alpha value is -1.94. The Morgan fingerprint density at radius 3 is 0.602 bits per heavy atom. The molecule has 0 saturated heterocycles. The molecule has 0 aliphatic heterocycles. The van der Waals surface area contributed by atoms with E-state index in [1.165, 1.54) is 231 Å². The van der Waals surface area contributed by atoms with Crippen molar-refractivity contribution in [2.24, 2.45) is 23.7 Å². The maximum atomic E-state index is 13.1. The van der Waals surface area contributed by atoms with Crippen LogP contribution in [0.2, 0.25) is 0 Å². The summed E-state index contributed by atoms with van der Waals surface area (Å²) in [6.45, 7) is 14.3. The zero-order valence-electron chi connectivity index (χ0n) is 68.0. The van der Waals surface area contributed by atoms with Gasteiger partial charge in [0.2, 0.25) is 0 Å². The second kappa shape index (κ2) is 72.9.